The molecule has 320 valence electrons. The van der Waals surface area contributed by atoms with Crippen LogP contribution < -0.4 is 0 Å². The van der Waals surface area contributed by atoms with Gasteiger partial charge in [0.25, 0.3) is 0 Å². The second-order valence-electron chi connectivity index (χ2n) is 14.0. The SMILES string of the molecule is CCCCC/C=C\C/C=C\C/C=C\CCCCC(=O)O[C@H](COC(=O)CCC/C=C\C/C=C\C/C=C\CC1OC1CCCCC)COP(=O)(O)OC[C@@H](O)CO. The number of phosphoric ester groups is 1. The first kappa shape index (κ1) is 51.4. The average molecular weight is 809 g/mol. The van der Waals surface area contributed by atoms with Crippen LogP contribution in [0, 0.1) is 0 Å². The molecule has 1 aliphatic heterocycles. The molecule has 1 aliphatic rings. The molecule has 1 heterocycles. The molecule has 56 heavy (non-hydrogen) atoms. The van der Waals surface area contributed by atoms with Crippen molar-refractivity contribution >= 4 is 19.8 Å². The number of rotatable bonds is 37. The Bertz CT molecular complexity index is 1230. The number of epoxide rings is 1. The van der Waals surface area contributed by atoms with E-state index in [1.165, 1.54) is 44.9 Å². The van der Waals surface area contributed by atoms with Crippen LogP contribution in [0.25, 0.3) is 0 Å². The molecular weight excluding hydrogens is 735 g/mol. The van der Waals surface area contributed by atoms with E-state index in [1.54, 1.807) is 0 Å². The summed E-state index contributed by atoms with van der Waals surface area (Å²) in [5.41, 5.74) is 0. The Morgan fingerprint density at radius 2 is 1.16 bits per heavy atom. The summed E-state index contributed by atoms with van der Waals surface area (Å²) in [6, 6.07) is 0. The van der Waals surface area contributed by atoms with Crippen LogP contribution in [0.2, 0.25) is 0 Å². The summed E-state index contributed by atoms with van der Waals surface area (Å²) in [5, 5.41) is 18.3. The summed E-state index contributed by atoms with van der Waals surface area (Å²) in [5.74, 6) is -1.05. The first-order valence-corrected chi connectivity index (χ1v) is 22.5. The number of ether oxygens (including phenoxy) is 3. The topological polar surface area (TPSA) is 161 Å². The van der Waals surface area contributed by atoms with Gasteiger partial charge in [-0.3, -0.25) is 18.6 Å². The number of carbonyl (C=O) groups excluding carboxylic acids is 2. The molecule has 3 N–H and O–H groups in total. The van der Waals surface area contributed by atoms with E-state index < -0.39 is 51.8 Å². The first-order chi connectivity index (χ1) is 27.2. The monoisotopic (exact) mass is 808 g/mol. The van der Waals surface area contributed by atoms with Crippen molar-refractivity contribution in [3.05, 3.63) is 72.9 Å². The predicted octanol–water partition coefficient (Wildman–Crippen LogP) is 9.87. The summed E-state index contributed by atoms with van der Waals surface area (Å²) >= 11 is 0. The molecule has 0 radical (unpaired) electrons. The van der Waals surface area contributed by atoms with Crippen LogP contribution in [-0.2, 0) is 37.4 Å². The highest BCUT2D eigenvalue weighted by molar-refractivity contribution is 7.47. The van der Waals surface area contributed by atoms with Crippen LogP contribution in [0.3, 0.4) is 0 Å². The molecule has 5 atom stereocenters. The lowest BCUT2D eigenvalue weighted by molar-refractivity contribution is -0.161. The molecule has 0 aromatic carbocycles. The maximum Gasteiger partial charge on any atom is 0.472 e. The summed E-state index contributed by atoms with van der Waals surface area (Å²) < 4.78 is 38.3. The van der Waals surface area contributed by atoms with Crippen molar-refractivity contribution in [3.8, 4) is 0 Å². The zero-order chi connectivity index (χ0) is 41.0. The number of unbranched alkanes of at least 4 members (excludes halogenated alkanes) is 8. The standard InChI is InChI=1S/C44H73O11P/c1-3-5-7-8-9-10-11-12-13-14-15-20-23-26-30-34-44(48)54-40(38-53-56(49,50)52-36-39(46)35-45)37-51-43(47)33-29-25-22-19-17-16-18-21-24-28-32-42-41(55-42)31-27-6-4-2/h9-10,12-13,15-16,18-20,22,24,28,39-42,45-46H,3-8,11,14,17,21,23,25-27,29-38H2,1-2H3,(H,49,50)/b10-9-,13-12-,18-16-,20-15-,22-19-,28-24-/t39-,40+,41?,42?/m0/s1. The van der Waals surface area contributed by atoms with Gasteiger partial charge in [-0.25, -0.2) is 4.57 Å². The first-order valence-electron chi connectivity index (χ1n) is 21.0. The normalized spacial score (nSPS) is 18.2. The summed E-state index contributed by atoms with van der Waals surface area (Å²) in [6.45, 7) is 2.18. The van der Waals surface area contributed by atoms with Gasteiger partial charge in [-0.2, -0.15) is 0 Å². The fourth-order valence-electron chi connectivity index (χ4n) is 5.38. The average Bonchev–Trinajstić information content (AvgIpc) is 3.94. The molecule has 1 fully saturated rings. The van der Waals surface area contributed by atoms with Crippen LogP contribution >= 0.6 is 7.82 Å². The quantitative estimate of drug-likeness (QED) is 0.0180. The largest absolute Gasteiger partial charge is 0.472 e. The van der Waals surface area contributed by atoms with Gasteiger partial charge in [0.15, 0.2) is 6.10 Å². The van der Waals surface area contributed by atoms with E-state index in [0.29, 0.717) is 31.5 Å². The second kappa shape index (κ2) is 35.5. The van der Waals surface area contributed by atoms with E-state index in [1.807, 2.05) is 6.08 Å². The molecule has 1 rings (SSSR count). The molecule has 0 aliphatic carbocycles. The van der Waals surface area contributed by atoms with Crippen molar-refractivity contribution in [3.63, 3.8) is 0 Å². The van der Waals surface area contributed by atoms with Gasteiger partial charge in [0.05, 0.1) is 32.0 Å². The Morgan fingerprint density at radius 3 is 1.77 bits per heavy atom. The number of carbonyl (C=O) groups is 2. The summed E-state index contributed by atoms with van der Waals surface area (Å²) in [7, 11) is -4.65. The molecule has 0 amide bonds. The van der Waals surface area contributed by atoms with Gasteiger partial charge in [-0.15, -0.1) is 0 Å². The Morgan fingerprint density at radius 1 is 0.643 bits per heavy atom. The van der Waals surface area contributed by atoms with Crippen LogP contribution in [0.15, 0.2) is 72.9 Å². The van der Waals surface area contributed by atoms with Crippen LogP contribution in [-0.4, -0.2) is 77.9 Å². The highest BCUT2D eigenvalue weighted by Gasteiger charge is 2.36. The minimum atomic E-state index is -4.65. The van der Waals surface area contributed by atoms with E-state index in [4.69, 9.17) is 23.8 Å². The zero-order valence-electron chi connectivity index (χ0n) is 34.3. The molecule has 0 aromatic heterocycles. The van der Waals surface area contributed by atoms with E-state index >= 15 is 0 Å². The van der Waals surface area contributed by atoms with E-state index in [0.717, 1.165) is 51.4 Å². The van der Waals surface area contributed by atoms with Gasteiger partial charge in [-0.1, -0.05) is 119 Å². The Hall–Kier alpha value is -2.63. The zero-order valence-corrected chi connectivity index (χ0v) is 35.2. The van der Waals surface area contributed by atoms with Crippen molar-refractivity contribution in [1.29, 1.82) is 0 Å². The minimum absolute atomic E-state index is 0.118. The van der Waals surface area contributed by atoms with Crippen LogP contribution in [0.1, 0.15) is 142 Å². The molecule has 0 aromatic rings. The van der Waals surface area contributed by atoms with Gasteiger partial charge in [0.2, 0.25) is 0 Å². The predicted molar refractivity (Wildman–Crippen MR) is 223 cm³/mol. The number of aliphatic hydroxyl groups excluding tert-OH is 2. The lowest BCUT2D eigenvalue weighted by atomic mass is 10.1. The van der Waals surface area contributed by atoms with Crippen LogP contribution in [0.4, 0.5) is 0 Å². The fourth-order valence-corrected chi connectivity index (χ4v) is 6.17. The maximum atomic E-state index is 12.6. The molecule has 0 bridgehead atoms. The third-order valence-corrected chi connectivity index (χ3v) is 9.71. The molecule has 12 heteroatoms. The van der Waals surface area contributed by atoms with Gasteiger partial charge in [0.1, 0.15) is 12.7 Å². The number of esters is 2. The lowest BCUT2D eigenvalue weighted by Crippen LogP contribution is -2.29. The molecule has 3 unspecified atom stereocenters. The Labute approximate surface area is 337 Å². The summed E-state index contributed by atoms with van der Waals surface area (Å²) in [4.78, 5) is 34.9. The smallest absolute Gasteiger partial charge is 0.462 e. The highest BCUT2D eigenvalue weighted by atomic mass is 31.2. The number of allylic oxidation sites excluding steroid dienone is 11. The van der Waals surface area contributed by atoms with Crippen molar-refractivity contribution in [2.24, 2.45) is 0 Å². The van der Waals surface area contributed by atoms with Crippen LogP contribution in [0.5, 0.6) is 0 Å². The van der Waals surface area contributed by atoms with Gasteiger partial charge >= 0.3 is 19.8 Å². The van der Waals surface area contributed by atoms with Crippen molar-refractivity contribution < 1.29 is 52.5 Å². The molecule has 1 saturated heterocycles. The third kappa shape index (κ3) is 32.5. The lowest BCUT2D eigenvalue weighted by Gasteiger charge is -2.20. The van der Waals surface area contributed by atoms with Gasteiger partial charge < -0.3 is 29.3 Å². The molecule has 0 spiro atoms. The Kier molecular flexibility index (Phi) is 32.6. The van der Waals surface area contributed by atoms with E-state index in [-0.39, 0.29) is 19.4 Å². The highest BCUT2D eigenvalue weighted by Crippen LogP contribution is 2.43. The summed E-state index contributed by atoms with van der Waals surface area (Å²) in [6.07, 6.45) is 42.0. The van der Waals surface area contributed by atoms with Gasteiger partial charge in [-0.05, 0) is 83.5 Å². The van der Waals surface area contributed by atoms with Crippen molar-refractivity contribution in [1.82, 2.24) is 0 Å². The third-order valence-electron chi connectivity index (χ3n) is 8.76. The molecule has 0 saturated carbocycles. The second-order valence-corrected chi connectivity index (χ2v) is 15.5. The molecular formula is C44H73O11P. The van der Waals surface area contributed by atoms with Gasteiger partial charge in [0, 0.05) is 12.8 Å². The van der Waals surface area contributed by atoms with Crippen molar-refractivity contribution in [2.45, 2.75) is 167 Å². The number of hydrogen-bond donors (Lipinski definition) is 3. The fraction of sp³-hybridized carbons (Fsp3) is 0.682. The number of phosphoric acid groups is 1. The minimum Gasteiger partial charge on any atom is -0.462 e. The number of aliphatic hydroxyl groups is 2. The maximum absolute atomic E-state index is 12.6. The van der Waals surface area contributed by atoms with E-state index in [9.17, 15) is 24.2 Å². The number of hydrogen-bond acceptors (Lipinski definition) is 10. The van der Waals surface area contributed by atoms with E-state index in [2.05, 4.69) is 85.2 Å². The van der Waals surface area contributed by atoms with Crippen molar-refractivity contribution in [2.75, 3.05) is 26.4 Å². The Balaban J connectivity index is 2.33. The molecule has 11 nitrogen and oxygen atoms in total.